The number of likely N-dealkylation sites (N-methyl/N-ethyl adjacent to an activating group) is 1. The summed E-state index contributed by atoms with van der Waals surface area (Å²) in [5, 5.41) is 0. The minimum atomic E-state index is -0.217. The van der Waals surface area contributed by atoms with Gasteiger partial charge in [-0.1, -0.05) is 12.1 Å². The minimum Gasteiger partial charge on any atom is -0.353 e. The zero-order valence-corrected chi connectivity index (χ0v) is 10.5. The number of amides is 2. The van der Waals surface area contributed by atoms with Gasteiger partial charge in [0.1, 0.15) is 0 Å². The lowest BCUT2D eigenvalue weighted by Gasteiger charge is -2.31. The molecule has 6 nitrogen and oxygen atoms in total. The van der Waals surface area contributed by atoms with Crippen molar-refractivity contribution in [2.75, 3.05) is 25.0 Å². The molecule has 1 aliphatic rings. The Hall–Kier alpha value is -2.46. The van der Waals surface area contributed by atoms with Gasteiger partial charge in [-0.05, 0) is 17.7 Å². The average molecular weight is 259 g/mol. The van der Waals surface area contributed by atoms with E-state index in [1.54, 1.807) is 4.90 Å². The van der Waals surface area contributed by atoms with Gasteiger partial charge in [0.15, 0.2) is 0 Å². The van der Waals surface area contributed by atoms with Crippen molar-refractivity contribution in [1.29, 1.82) is 0 Å². The van der Waals surface area contributed by atoms with Crippen molar-refractivity contribution < 1.29 is 14.4 Å². The van der Waals surface area contributed by atoms with Crippen LogP contribution in [0.3, 0.4) is 0 Å². The van der Waals surface area contributed by atoms with Crippen LogP contribution in [0.25, 0.3) is 0 Å². The van der Waals surface area contributed by atoms with Gasteiger partial charge in [-0.15, -0.1) is 0 Å². The van der Waals surface area contributed by atoms with E-state index >= 15 is 0 Å². The summed E-state index contributed by atoms with van der Waals surface area (Å²) in [7, 11) is 1.49. The smallest absolute Gasteiger partial charge is 0.248 e. The summed E-state index contributed by atoms with van der Waals surface area (Å²) in [5.41, 5.74) is 1.67. The van der Waals surface area contributed by atoms with E-state index in [0.29, 0.717) is 0 Å². The van der Waals surface area contributed by atoms with Gasteiger partial charge in [0, 0.05) is 12.7 Å². The molecule has 98 valence electrons. The number of hydrogen-bond acceptors (Lipinski definition) is 5. The minimum absolute atomic E-state index is 0.189. The SMILES string of the molecule is CN1C(=O)CN(c2ccc(CN=C=O)cc2)CC1=O. The molecule has 6 heteroatoms. The molecule has 1 aliphatic heterocycles. The van der Waals surface area contributed by atoms with Crippen LogP contribution >= 0.6 is 0 Å². The fourth-order valence-corrected chi connectivity index (χ4v) is 1.85. The Labute approximate surface area is 110 Å². The molecule has 0 saturated carbocycles. The average Bonchev–Trinajstić information content (AvgIpc) is 2.42. The van der Waals surface area contributed by atoms with Crippen molar-refractivity contribution in [3.05, 3.63) is 29.8 Å². The van der Waals surface area contributed by atoms with Crippen molar-refractivity contribution in [3.8, 4) is 0 Å². The topological polar surface area (TPSA) is 70.1 Å². The van der Waals surface area contributed by atoms with Crippen molar-refractivity contribution >= 4 is 23.6 Å². The second kappa shape index (κ2) is 5.46. The molecular weight excluding hydrogens is 246 g/mol. The number of aliphatic imine (C=N–C) groups is 1. The van der Waals surface area contributed by atoms with Gasteiger partial charge in [0.25, 0.3) is 0 Å². The Morgan fingerprint density at radius 1 is 1.16 bits per heavy atom. The van der Waals surface area contributed by atoms with Crippen LogP contribution in [0.5, 0.6) is 0 Å². The molecule has 1 fully saturated rings. The van der Waals surface area contributed by atoms with E-state index in [1.807, 2.05) is 24.3 Å². The van der Waals surface area contributed by atoms with E-state index in [4.69, 9.17) is 0 Å². The van der Waals surface area contributed by atoms with E-state index in [2.05, 4.69) is 4.99 Å². The summed E-state index contributed by atoms with van der Waals surface area (Å²) in [4.78, 5) is 39.6. The Morgan fingerprint density at radius 2 is 1.74 bits per heavy atom. The number of hydrogen-bond donors (Lipinski definition) is 0. The van der Waals surface area contributed by atoms with E-state index in [-0.39, 0.29) is 31.4 Å². The Kier molecular flexibility index (Phi) is 3.73. The van der Waals surface area contributed by atoms with Crippen molar-refractivity contribution in [1.82, 2.24) is 4.90 Å². The monoisotopic (exact) mass is 259 g/mol. The number of benzene rings is 1. The first-order valence-corrected chi connectivity index (χ1v) is 5.78. The zero-order chi connectivity index (χ0) is 13.8. The molecule has 0 aliphatic carbocycles. The van der Waals surface area contributed by atoms with E-state index in [1.165, 1.54) is 13.1 Å². The first kappa shape index (κ1) is 13.0. The van der Waals surface area contributed by atoms with Gasteiger partial charge >= 0.3 is 0 Å². The van der Waals surface area contributed by atoms with Crippen LogP contribution in [-0.4, -0.2) is 42.9 Å². The quantitative estimate of drug-likeness (QED) is 0.445. The number of anilines is 1. The highest BCUT2D eigenvalue weighted by atomic mass is 16.2. The summed E-state index contributed by atoms with van der Waals surface area (Å²) in [6.07, 6.45) is 1.48. The zero-order valence-electron chi connectivity index (χ0n) is 10.5. The molecule has 1 aromatic rings. The van der Waals surface area contributed by atoms with Crippen LogP contribution in [0.2, 0.25) is 0 Å². The Balaban J connectivity index is 2.12. The highest BCUT2D eigenvalue weighted by Crippen LogP contribution is 2.18. The molecule has 2 amide bonds. The molecule has 0 bridgehead atoms. The molecule has 19 heavy (non-hydrogen) atoms. The maximum absolute atomic E-state index is 11.6. The summed E-state index contributed by atoms with van der Waals surface area (Å²) in [5.74, 6) is -0.434. The van der Waals surface area contributed by atoms with Crippen LogP contribution in [0, 0.1) is 0 Å². The third kappa shape index (κ3) is 2.86. The normalized spacial score (nSPS) is 15.4. The molecule has 1 aromatic carbocycles. The summed E-state index contributed by atoms with van der Waals surface area (Å²) in [6, 6.07) is 7.23. The van der Waals surface area contributed by atoms with Crippen molar-refractivity contribution in [3.63, 3.8) is 0 Å². The van der Waals surface area contributed by atoms with Gasteiger partial charge < -0.3 is 4.90 Å². The molecule has 2 rings (SSSR count). The first-order chi connectivity index (χ1) is 9.11. The van der Waals surface area contributed by atoms with Crippen LogP contribution in [0.4, 0.5) is 5.69 Å². The van der Waals surface area contributed by atoms with Gasteiger partial charge in [0.05, 0.1) is 19.6 Å². The number of rotatable bonds is 3. The summed E-state index contributed by atoms with van der Waals surface area (Å²) >= 11 is 0. The highest BCUT2D eigenvalue weighted by molar-refractivity contribution is 6.02. The molecule has 0 N–H and O–H groups in total. The highest BCUT2D eigenvalue weighted by Gasteiger charge is 2.27. The van der Waals surface area contributed by atoms with E-state index < -0.39 is 0 Å². The van der Waals surface area contributed by atoms with Gasteiger partial charge in [0.2, 0.25) is 17.9 Å². The lowest BCUT2D eigenvalue weighted by Crippen LogP contribution is -2.52. The number of piperazine rings is 1. The maximum atomic E-state index is 11.6. The third-order valence-corrected chi connectivity index (χ3v) is 3.03. The fourth-order valence-electron chi connectivity index (χ4n) is 1.85. The predicted octanol–water partition coefficient (Wildman–Crippen LogP) is 0.327. The third-order valence-electron chi connectivity index (χ3n) is 3.03. The van der Waals surface area contributed by atoms with Crippen LogP contribution in [-0.2, 0) is 20.9 Å². The molecule has 1 heterocycles. The van der Waals surface area contributed by atoms with Crippen LogP contribution in [0.1, 0.15) is 5.56 Å². The van der Waals surface area contributed by atoms with Gasteiger partial charge in [-0.25, -0.2) is 9.79 Å². The van der Waals surface area contributed by atoms with E-state index in [9.17, 15) is 14.4 Å². The van der Waals surface area contributed by atoms with Gasteiger partial charge in [-0.3, -0.25) is 14.5 Å². The molecule has 1 saturated heterocycles. The molecular formula is C13H13N3O3. The number of imide groups is 1. The lowest BCUT2D eigenvalue weighted by atomic mass is 10.2. The maximum Gasteiger partial charge on any atom is 0.248 e. The first-order valence-electron chi connectivity index (χ1n) is 5.78. The number of carbonyl (C=O) groups is 2. The largest absolute Gasteiger partial charge is 0.353 e. The van der Waals surface area contributed by atoms with Crippen LogP contribution in [0.15, 0.2) is 29.3 Å². The van der Waals surface area contributed by atoms with Crippen molar-refractivity contribution in [2.45, 2.75) is 6.54 Å². The summed E-state index contributed by atoms with van der Waals surface area (Å²) < 4.78 is 0. The van der Waals surface area contributed by atoms with Gasteiger partial charge in [-0.2, -0.15) is 0 Å². The second-order valence-electron chi connectivity index (χ2n) is 4.28. The standard InChI is InChI=1S/C13H13N3O3/c1-15-12(18)7-16(8-13(15)19)11-4-2-10(3-5-11)6-14-9-17/h2-5H,6-8H2,1H3. The number of carbonyl (C=O) groups excluding carboxylic acids is 3. The summed E-state index contributed by atoms with van der Waals surface area (Å²) in [6.45, 7) is 0.659. The Morgan fingerprint density at radius 3 is 2.26 bits per heavy atom. The number of nitrogens with zero attached hydrogens (tertiary/aromatic N) is 3. The second-order valence-corrected chi connectivity index (χ2v) is 4.28. The van der Waals surface area contributed by atoms with E-state index in [0.717, 1.165) is 16.2 Å². The molecule has 0 aromatic heterocycles. The Bertz CT molecular complexity index is 529. The predicted molar refractivity (Wildman–Crippen MR) is 68.3 cm³/mol. The number of isocyanates is 1. The fraction of sp³-hybridized carbons (Fsp3) is 0.308. The molecule has 0 atom stereocenters. The van der Waals surface area contributed by atoms with Crippen LogP contribution < -0.4 is 4.90 Å². The molecule has 0 unspecified atom stereocenters. The molecule has 0 spiro atoms. The molecule has 0 radical (unpaired) electrons. The van der Waals surface area contributed by atoms with Crippen molar-refractivity contribution in [2.24, 2.45) is 4.99 Å². The lowest BCUT2D eigenvalue weighted by molar-refractivity contribution is -0.143.